The molecule has 0 rings (SSSR count). The second-order valence-corrected chi connectivity index (χ2v) is 1.60. The summed E-state index contributed by atoms with van der Waals surface area (Å²) < 4.78 is 54.1. The van der Waals surface area contributed by atoms with Crippen LogP contribution in [0.25, 0.3) is 0 Å². The van der Waals surface area contributed by atoms with E-state index in [4.69, 9.17) is 0 Å². The minimum absolute atomic E-state index is 1.98. The Morgan fingerprint density at radius 1 is 0.875 bits per heavy atom. The largest absolute Gasteiger partial charge is 0.458 e. The van der Waals surface area contributed by atoms with E-state index in [0.717, 1.165) is 0 Å². The third kappa shape index (κ3) is 1.90. The maximum absolute atomic E-state index is 11.0. The molecule has 0 amide bonds. The average molecular weight is 150 g/mol. The zero-order valence-corrected chi connectivity index (χ0v) is 4.23. The smallest absolute Gasteiger partial charge is 0.191 e. The van der Waals surface area contributed by atoms with E-state index in [1.54, 1.807) is 0 Å². The summed E-state index contributed by atoms with van der Waals surface area (Å²) in [5, 5.41) is 0. The monoisotopic (exact) mass is 150 g/mol. The van der Waals surface area contributed by atoms with Gasteiger partial charge in [0.1, 0.15) is 0 Å². The van der Waals surface area contributed by atoms with E-state index in [-0.39, 0.29) is 0 Å². The first-order valence-corrected chi connectivity index (χ1v) is 1.87. The predicted molar refractivity (Wildman–Crippen MR) is 17.9 cm³/mol. The lowest BCUT2D eigenvalue weighted by molar-refractivity contribution is -0.238. The number of alkyl halides is 5. The van der Waals surface area contributed by atoms with Gasteiger partial charge in [-0.3, -0.25) is 0 Å². The van der Waals surface area contributed by atoms with E-state index >= 15 is 0 Å². The first-order chi connectivity index (χ1) is 3.25. The molecule has 0 atom stereocenters. The topological polar surface area (TPSA) is 0 Å². The zero-order valence-electron chi connectivity index (χ0n) is 3.34. The predicted octanol–water partition coefficient (Wildman–Crippen LogP) is 2.55. The van der Waals surface area contributed by atoms with Crippen molar-refractivity contribution in [1.29, 1.82) is 0 Å². The summed E-state index contributed by atoms with van der Waals surface area (Å²) in [4.78, 5) is 0. The molecule has 8 heavy (non-hydrogen) atoms. The van der Waals surface area contributed by atoms with Crippen molar-refractivity contribution in [3.05, 3.63) is 0 Å². The van der Waals surface area contributed by atoms with Crippen LogP contribution >= 0.6 is 9.24 Å². The van der Waals surface area contributed by atoms with Crippen molar-refractivity contribution in [1.82, 2.24) is 0 Å². The average Bonchev–Trinajstić information content (AvgIpc) is 1.25. The van der Waals surface area contributed by atoms with Crippen molar-refractivity contribution in [3.63, 3.8) is 0 Å². The highest BCUT2D eigenvalue weighted by molar-refractivity contribution is 7.18. The van der Waals surface area contributed by atoms with Crippen LogP contribution in [0.3, 0.4) is 0 Å². The summed E-state index contributed by atoms with van der Waals surface area (Å²) in [5.74, 6) is 0. The molecule has 0 spiro atoms. The molecule has 0 bridgehead atoms. The van der Waals surface area contributed by atoms with Gasteiger partial charge in [0.15, 0.2) is 0 Å². The molecular formula is C2F5P. The van der Waals surface area contributed by atoms with Crippen LogP contribution in [-0.4, -0.2) is 11.8 Å². The Hall–Kier alpha value is 0.0800. The van der Waals surface area contributed by atoms with Crippen LogP contribution in [0.2, 0.25) is 0 Å². The summed E-state index contributed by atoms with van der Waals surface area (Å²) in [6.07, 6.45) is -5.53. The molecule has 0 aromatic carbocycles. The molecule has 0 saturated heterocycles. The molecule has 0 aromatic heterocycles. The minimum atomic E-state index is -5.53. The van der Waals surface area contributed by atoms with Crippen molar-refractivity contribution >= 4 is 9.24 Å². The van der Waals surface area contributed by atoms with Crippen LogP contribution in [0.1, 0.15) is 0 Å². The molecule has 0 aromatic rings. The molecule has 0 unspecified atom stereocenters. The highest BCUT2D eigenvalue weighted by Crippen LogP contribution is 2.40. The van der Waals surface area contributed by atoms with Gasteiger partial charge in [-0.25, -0.2) is 0 Å². The lowest BCUT2D eigenvalue weighted by Gasteiger charge is -2.11. The minimum Gasteiger partial charge on any atom is -0.191 e. The molecule has 0 heterocycles. The summed E-state index contributed by atoms with van der Waals surface area (Å²) in [7, 11) is 1.98. The lowest BCUT2D eigenvalue weighted by Crippen LogP contribution is -2.29. The first kappa shape index (κ1) is 8.08. The third-order valence-corrected chi connectivity index (χ3v) is 0.595. The van der Waals surface area contributed by atoms with Gasteiger partial charge in [0.2, 0.25) is 0 Å². The Morgan fingerprint density at radius 2 is 1.00 bits per heavy atom. The Balaban J connectivity index is 4.02. The van der Waals surface area contributed by atoms with Gasteiger partial charge in [0.25, 0.3) is 0 Å². The van der Waals surface area contributed by atoms with E-state index in [9.17, 15) is 22.0 Å². The fourth-order valence-electron chi connectivity index (χ4n) is 0. The molecule has 6 heteroatoms. The molecule has 0 N–H and O–H groups in total. The fourth-order valence-corrected chi connectivity index (χ4v) is 0. The van der Waals surface area contributed by atoms with Gasteiger partial charge in [-0.15, -0.1) is 0 Å². The second kappa shape index (κ2) is 1.79. The van der Waals surface area contributed by atoms with Gasteiger partial charge in [-0.1, -0.05) is 0 Å². The summed E-state index contributed by atoms with van der Waals surface area (Å²) in [6, 6.07) is 0. The lowest BCUT2D eigenvalue weighted by atomic mass is 10.7. The number of hydrogen-bond acceptors (Lipinski definition) is 0. The summed E-state index contributed by atoms with van der Waals surface area (Å²) in [6.45, 7) is 0. The first-order valence-electron chi connectivity index (χ1n) is 1.42. The van der Waals surface area contributed by atoms with Crippen molar-refractivity contribution in [2.24, 2.45) is 0 Å². The van der Waals surface area contributed by atoms with Gasteiger partial charge in [-0.2, -0.15) is 22.0 Å². The van der Waals surface area contributed by atoms with Crippen LogP contribution in [0.15, 0.2) is 0 Å². The molecular weight excluding hydrogens is 150 g/mol. The third-order valence-electron chi connectivity index (χ3n) is 0.341. The van der Waals surface area contributed by atoms with Gasteiger partial charge < -0.3 is 0 Å². The second-order valence-electron chi connectivity index (χ2n) is 1.04. The van der Waals surface area contributed by atoms with Crippen molar-refractivity contribution < 1.29 is 22.0 Å². The van der Waals surface area contributed by atoms with Crippen LogP contribution in [0.5, 0.6) is 0 Å². The van der Waals surface area contributed by atoms with Crippen LogP contribution in [0, 0.1) is 0 Å². The molecule has 48 valence electrons. The van der Waals surface area contributed by atoms with Crippen molar-refractivity contribution in [2.75, 3.05) is 0 Å². The zero-order chi connectivity index (χ0) is 7.00. The van der Waals surface area contributed by atoms with Gasteiger partial charge >= 0.3 is 11.8 Å². The summed E-state index contributed by atoms with van der Waals surface area (Å²) in [5.41, 5.74) is -4.87. The van der Waals surface area contributed by atoms with E-state index in [1.807, 2.05) is 9.24 Å². The van der Waals surface area contributed by atoms with E-state index in [2.05, 4.69) is 0 Å². The quantitative estimate of drug-likeness (QED) is 0.367. The highest BCUT2D eigenvalue weighted by atomic mass is 31.0. The van der Waals surface area contributed by atoms with Gasteiger partial charge in [0, 0.05) is 0 Å². The highest BCUT2D eigenvalue weighted by Gasteiger charge is 2.54. The Morgan fingerprint density at radius 3 is 1.00 bits per heavy atom. The molecule has 0 nitrogen and oxygen atoms in total. The standard InChI is InChI=1S/C2F5P/c3-1(4,5)2(6,7)8. The fraction of sp³-hybridized carbons (Fsp3) is 1.00. The van der Waals surface area contributed by atoms with Crippen LogP contribution in [0.4, 0.5) is 22.0 Å². The SMILES string of the molecule is FC(F)(F)C(F)(F)[P]. The van der Waals surface area contributed by atoms with E-state index < -0.39 is 11.8 Å². The molecule has 2 radical (unpaired) electrons. The van der Waals surface area contributed by atoms with Gasteiger partial charge in [0.05, 0.1) is 9.24 Å². The summed E-state index contributed by atoms with van der Waals surface area (Å²) >= 11 is 0. The van der Waals surface area contributed by atoms with Crippen molar-refractivity contribution in [2.45, 2.75) is 11.8 Å². The van der Waals surface area contributed by atoms with E-state index in [1.165, 1.54) is 0 Å². The molecule has 0 fully saturated rings. The van der Waals surface area contributed by atoms with Gasteiger partial charge in [-0.05, 0) is 0 Å². The maximum atomic E-state index is 11.0. The maximum Gasteiger partial charge on any atom is 0.458 e. The molecule has 0 aliphatic rings. The number of rotatable bonds is 0. The van der Waals surface area contributed by atoms with Crippen molar-refractivity contribution in [3.8, 4) is 0 Å². The van der Waals surface area contributed by atoms with E-state index in [0.29, 0.717) is 0 Å². The molecule has 0 saturated carbocycles. The Kier molecular flexibility index (Phi) is 1.81. The normalized spacial score (nSPS) is 14.2. The molecule has 0 aliphatic heterocycles. The van der Waals surface area contributed by atoms with Crippen LogP contribution in [-0.2, 0) is 0 Å². The Labute approximate surface area is 44.3 Å². The number of halogens is 5. The Bertz CT molecular complexity index is 65.4. The van der Waals surface area contributed by atoms with Crippen LogP contribution < -0.4 is 0 Å². The number of hydrogen-bond donors (Lipinski definition) is 0. The molecule has 0 aliphatic carbocycles.